The van der Waals surface area contributed by atoms with Crippen LogP contribution >= 0.6 is 0 Å². The minimum atomic E-state index is -0.231. The molecule has 1 aliphatic heterocycles. The summed E-state index contributed by atoms with van der Waals surface area (Å²) in [5.74, 6) is -0.231. The average molecular weight is 324 g/mol. The van der Waals surface area contributed by atoms with Gasteiger partial charge < -0.3 is 10.2 Å². The molecule has 0 unspecified atom stereocenters. The fourth-order valence-electron chi connectivity index (χ4n) is 2.92. The van der Waals surface area contributed by atoms with Crippen LogP contribution in [0.25, 0.3) is 5.57 Å². The predicted octanol–water partition coefficient (Wildman–Crippen LogP) is 4.71. The number of benzene rings is 2. The van der Waals surface area contributed by atoms with Crippen molar-refractivity contribution in [2.24, 2.45) is 0 Å². The number of carbonyl (C=O) groups excluding carboxylic acids is 1. The second-order valence-electron chi connectivity index (χ2n) is 5.87. The molecule has 1 heterocycles. The summed E-state index contributed by atoms with van der Waals surface area (Å²) in [6.45, 7) is 3.29. The lowest BCUT2D eigenvalue weighted by Crippen LogP contribution is -2.38. The van der Waals surface area contributed by atoms with E-state index in [1.807, 2.05) is 30.3 Å². The standard InChI is InChI=1S/C20H21FN2O/c1-2-15-5-3-4-6-19(15)22-20(24)23-13-11-17(12-14-23)16-7-9-18(21)10-8-16/h3-11H,2,12-14H2,1H3,(H,22,24). The van der Waals surface area contributed by atoms with Crippen molar-refractivity contribution in [1.82, 2.24) is 4.90 Å². The summed E-state index contributed by atoms with van der Waals surface area (Å²) in [5, 5.41) is 3.00. The Balaban J connectivity index is 1.65. The molecule has 0 saturated carbocycles. The van der Waals surface area contributed by atoms with Gasteiger partial charge in [0.25, 0.3) is 0 Å². The number of nitrogens with zero attached hydrogens (tertiary/aromatic N) is 1. The summed E-state index contributed by atoms with van der Waals surface area (Å²) in [7, 11) is 0. The molecule has 24 heavy (non-hydrogen) atoms. The fraction of sp³-hybridized carbons (Fsp3) is 0.250. The molecule has 3 nitrogen and oxygen atoms in total. The molecule has 0 saturated heterocycles. The van der Waals surface area contributed by atoms with Crippen LogP contribution in [0.15, 0.2) is 54.6 Å². The van der Waals surface area contributed by atoms with E-state index < -0.39 is 0 Å². The number of hydrogen-bond acceptors (Lipinski definition) is 1. The first-order valence-electron chi connectivity index (χ1n) is 8.26. The molecule has 3 rings (SSSR count). The van der Waals surface area contributed by atoms with Gasteiger partial charge in [0.1, 0.15) is 5.82 Å². The van der Waals surface area contributed by atoms with Crippen LogP contribution in [0.2, 0.25) is 0 Å². The van der Waals surface area contributed by atoms with Crippen molar-refractivity contribution in [3.63, 3.8) is 0 Å². The Morgan fingerprint density at radius 3 is 2.58 bits per heavy atom. The van der Waals surface area contributed by atoms with Gasteiger partial charge in [-0.2, -0.15) is 0 Å². The Morgan fingerprint density at radius 1 is 1.17 bits per heavy atom. The molecule has 1 aliphatic rings. The zero-order valence-corrected chi connectivity index (χ0v) is 13.8. The van der Waals surface area contributed by atoms with Gasteiger partial charge in [0, 0.05) is 18.8 Å². The van der Waals surface area contributed by atoms with E-state index in [9.17, 15) is 9.18 Å². The monoisotopic (exact) mass is 324 g/mol. The molecule has 2 amide bonds. The van der Waals surface area contributed by atoms with Crippen molar-refractivity contribution in [2.45, 2.75) is 19.8 Å². The Hall–Kier alpha value is -2.62. The zero-order valence-electron chi connectivity index (χ0n) is 13.8. The maximum atomic E-state index is 13.0. The fourth-order valence-corrected chi connectivity index (χ4v) is 2.92. The molecule has 1 N–H and O–H groups in total. The summed E-state index contributed by atoms with van der Waals surface area (Å²) >= 11 is 0. The molecular weight excluding hydrogens is 303 g/mol. The van der Waals surface area contributed by atoms with Crippen LogP contribution in [-0.2, 0) is 6.42 Å². The first-order valence-corrected chi connectivity index (χ1v) is 8.26. The average Bonchev–Trinajstić information content (AvgIpc) is 2.63. The molecular formula is C20H21FN2O. The SMILES string of the molecule is CCc1ccccc1NC(=O)N1CC=C(c2ccc(F)cc2)CC1. The number of amides is 2. The lowest BCUT2D eigenvalue weighted by atomic mass is 10.00. The normalized spacial score (nSPS) is 14.2. The van der Waals surface area contributed by atoms with E-state index in [-0.39, 0.29) is 11.8 Å². The number of anilines is 1. The highest BCUT2D eigenvalue weighted by molar-refractivity contribution is 5.90. The van der Waals surface area contributed by atoms with Gasteiger partial charge in [0.15, 0.2) is 0 Å². The van der Waals surface area contributed by atoms with E-state index in [4.69, 9.17) is 0 Å². The quantitative estimate of drug-likeness (QED) is 0.871. The third-order valence-corrected chi connectivity index (χ3v) is 4.35. The zero-order chi connectivity index (χ0) is 16.9. The Kier molecular flexibility index (Phi) is 4.94. The second-order valence-corrected chi connectivity index (χ2v) is 5.87. The summed E-state index contributed by atoms with van der Waals surface area (Å²) < 4.78 is 13.0. The van der Waals surface area contributed by atoms with Crippen LogP contribution < -0.4 is 5.32 Å². The van der Waals surface area contributed by atoms with E-state index in [1.54, 1.807) is 17.0 Å². The number of carbonyl (C=O) groups is 1. The van der Waals surface area contributed by atoms with Crippen molar-refractivity contribution in [3.05, 3.63) is 71.6 Å². The number of hydrogen-bond donors (Lipinski definition) is 1. The number of urea groups is 1. The van der Waals surface area contributed by atoms with Crippen LogP contribution in [0, 0.1) is 5.82 Å². The second kappa shape index (κ2) is 7.30. The molecule has 0 spiro atoms. The van der Waals surface area contributed by atoms with Crippen LogP contribution in [0.3, 0.4) is 0 Å². The summed E-state index contributed by atoms with van der Waals surface area (Å²) in [6.07, 6.45) is 3.70. The number of aryl methyl sites for hydroxylation is 1. The van der Waals surface area contributed by atoms with E-state index >= 15 is 0 Å². The molecule has 0 bridgehead atoms. The first kappa shape index (κ1) is 16.2. The summed E-state index contributed by atoms with van der Waals surface area (Å²) in [4.78, 5) is 14.3. The molecule has 2 aromatic rings. The van der Waals surface area contributed by atoms with Crippen molar-refractivity contribution < 1.29 is 9.18 Å². The Bertz CT molecular complexity index is 752. The molecule has 0 aromatic heterocycles. The van der Waals surface area contributed by atoms with Crippen molar-refractivity contribution in [3.8, 4) is 0 Å². The Morgan fingerprint density at radius 2 is 1.92 bits per heavy atom. The maximum Gasteiger partial charge on any atom is 0.322 e. The van der Waals surface area contributed by atoms with E-state index in [0.29, 0.717) is 13.1 Å². The van der Waals surface area contributed by atoms with Gasteiger partial charge in [-0.15, -0.1) is 0 Å². The van der Waals surface area contributed by atoms with Crippen LogP contribution in [0.1, 0.15) is 24.5 Å². The Labute approximate surface area is 141 Å². The molecule has 4 heteroatoms. The number of rotatable bonds is 3. The lowest BCUT2D eigenvalue weighted by molar-refractivity contribution is 0.217. The smallest absolute Gasteiger partial charge is 0.320 e. The lowest BCUT2D eigenvalue weighted by Gasteiger charge is -2.27. The van der Waals surface area contributed by atoms with Gasteiger partial charge in [-0.25, -0.2) is 9.18 Å². The number of halogens is 1. The molecule has 0 radical (unpaired) electrons. The minimum Gasteiger partial charge on any atom is -0.320 e. The highest BCUT2D eigenvalue weighted by Crippen LogP contribution is 2.23. The minimum absolute atomic E-state index is 0.0784. The third kappa shape index (κ3) is 3.65. The van der Waals surface area contributed by atoms with Gasteiger partial charge in [-0.1, -0.05) is 43.3 Å². The van der Waals surface area contributed by atoms with E-state index in [0.717, 1.165) is 35.2 Å². The van der Waals surface area contributed by atoms with Crippen molar-refractivity contribution in [1.29, 1.82) is 0 Å². The third-order valence-electron chi connectivity index (χ3n) is 4.35. The number of para-hydroxylation sites is 1. The van der Waals surface area contributed by atoms with E-state index in [1.165, 1.54) is 12.1 Å². The topological polar surface area (TPSA) is 32.3 Å². The molecule has 0 atom stereocenters. The molecule has 2 aromatic carbocycles. The van der Waals surface area contributed by atoms with Gasteiger partial charge >= 0.3 is 6.03 Å². The van der Waals surface area contributed by atoms with Crippen LogP contribution in [0.4, 0.5) is 14.9 Å². The molecule has 0 aliphatic carbocycles. The van der Waals surface area contributed by atoms with Crippen LogP contribution in [-0.4, -0.2) is 24.0 Å². The maximum absolute atomic E-state index is 13.0. The van der Waals surface area contributed by atoms with E-state index in [2.05, 4.69) is 12.2 Å². The van der Waals surface area contributed by atoms with Crippen molar-refractivity contribution in [2.75, 3.05) is 18.4 Å². The predicted molar refractivity (Wildman–Crippen MR) is 95.4 cm³/mol. The van der Waals surface area contributed by atoms with Gasteiger partial charge in [0.2, 0.25) is 0 Å². The highest BCUT2D eigenvalue weighted by Gasteiger charge is 2.18. The highest BCUT2D eigenvalue weighted by atomic mass is 19.1. The molecule has 0 fully saturated rings. The number of nitrogens with one attached hydrogen (secondary N) is 1. The van der Waals surface area contributed by atoms with Crippen LogP contribution in [0.5, 0.6) is 0 Å². The largest absolute Gasteiger partial charge is 0.322 e. The summed E-state index contributed by atoms with van der Waals surface area (Å²) in [5.41, 5.74) is 4.18. The van der Waals surface area contributed by atoms with Gasteiger partial charge in [-0.05, 0) is 47.7 Å². The van der Waals surface area contributed by atoms with Gasteiger partial charge in [0.05, 0.1) is 0 Å². The molecule has 124 valence electrons. The van der Waals surface area contributed by atoms with Gasteiger partial charge in [-0.3, -0.25) is 0 Å². The van der Waals surface area contributed by atoms with Crippen molar-refractivity contribution >= 4 is 17.3 Å². The first-order chi connectivity index (χ1) is 11.7. The summed E-state index contributed by atoms with van der Waals surface area (Å²) in [6, 6.07) is 14.3.